The minimum atomic E-state index is -0.851. The fraction of sp³-hybridized carbons (Fsp3) is 0.600. The summed E-state index contributed by atoms with van der Waals surface area (Å²) in [5.74, 6) is 0.354. The first-order chi connectivity index (χ1) is 13.0. The minimum Gasteiger partial charge on any atom is -0.484 e. The van der Waals surface area contributed by atoms with Crippen LogP contribution in [0.5, 0.6) is 5.75 Å². The van der Waals surface area contributed by atoms with Crippen molar-refractivity contribution in [3.63, 3.8) is 0 Å². The van der Waals surface area contributed by atoms with Gasteiger partial charge in [-0.1, -0.05) is 13.8 Å². The number of carbonyl (C=O) groups excluding carboxylic acids is 2. The summed E-state index contributed by atoms with van der Waals surface area (Å²) in [5.41, 5.74) is -0.193. The van der Waals surface area contributed by atoms with Gasteiger partial charge in [0, 0.05) is 25.4 Å². The van der Waals surface area contributed by atoms with Crippen molar-refractivity contribution in [2.45, 2.75) is 39.2 Å². The average Bonchev–Trinajstić information content (AvgIpc) is 2.71. The zero-order valence-corrected chi connectivity index (χ0v) is 16.5. The molecule has 1 aliphatic rings. The van der Waals surface area contributed by atoms with E-state index in [2.05, 4.69) is 5.32 Å². The summed E-state index contributed by atoms with van der Waals surface area (Å²) >= 11 is 0. The van der Waals surface area contributed by atoms with Gasteiger partial charge >= 0.3 is 0 Å². The van der Waals surface area contributed by atoms with Crippen LogP contribution in [-0.2, 0) is 19.1 Å². The van der Waals surface area contributed by atoms with Crippen LogP contribution in [0.4, 0.5) is 5.69 Å². The number of anilines is 1. The Morgan fingerprint density at radius 3 is 2.44 bits per heavy atom. The molecule has 7 nitrogen and oxygen atoms in total. The van der Waals surface area contributed by atoms with Crippen LogP contribution in [0.1, 0.15) is 33.6 Å². The molecule has 2 amide bonds. The fourth-order valence-electron chi connectivity index (χ4n) is 2.60. The summed E-state index contributed by atoms with van der Waals surface area (Å²) in [6.07, 6.45) is 1.45. The number of nitrogens with zero attached hydrogens (tertiary/aromatic N) is 1. The normalized spacial score (nSPS) is 16.5. The first-order valence-corrected chi connectivity index (χ1v) is 9.52. The van der Waals surface area contributed by atoms with Gasteiger partial charge in [-0.3, -0.25) is 9.59 Å². The Morgan fingerprint density at radius 2 is 1.85 bits per heavy atom. The summed E-state index contributed by atoms with van der Waals surface area (Å²) in [7, 11) is 0. The molecule has 1 saturated heterocycles. The third kappa shape index (κ3) is 6.22. The van der Waals surface area contributed by atoms with Crippen LogP contribution < -0.4 is 10.1 Å². The van der Waals surface area contributed by atoms with Crippen LogP contribution >= 0.6 is 0 Å². The summed E-state index contributed by atoms with van der Waals surface area (Å²) in [6.45, 7) is 8.61. The molecule has 0 unspecified atom stereocenters. The lowest BCUT2D eigenvalue weighted by molar-refractivity contribution is -0.139. The number of hydrogen-bond donors (Lipinski definition) is 1. The second-order valence-electron chi connectivity index (χ2n) is 6.69. The highest BCUT2D eigenvalue weighted by Gasteiger charge is 2.32. The van der Waals surface area contributed by atoms with Gasteiger partial charge in [0.15, 0.2) is 6.61 Å². The van der Waals surface area contributed by atoms with E-state index in [9.17, 15) is 9.59 Å². The summed E-state index contributed by atoms with van der Waals surface area (Å²) in [5, 5.41) is 2.88. The molecular weight excluding hydrogens is 348 g/mol. The highest BCUT2D eigenvalue weighted by Crippen LogP contribution is 2.21. The van der Waals surface area contributed by atoms with E-state index in [0.29, 0.717) is 50.8 Å². The molecule has 1 fully saturated rings. The highest BCUT2D eigenvalue weighted by atomic mass is 16.5. The van der Waals surface area contributed by atoms with Gasteiger partial charge in [-0.15, -0.1) is 0 Å². The summed E-state index contributed by atoms with van der Waals surface area (Å²) in [4.78, 5) is 26.3. The van der Waals surface area contributed by atoms with Crippen LogP contribution in [0, 0.1) is 0 Å². The van der Waals surface area contributed by atoms with Gasteiger partial charge in [0.1, 0.15) is 11.4 Å². The molecule has 1 heterocycles. The number of rotatable bonds is 9. The van der Waals surface area contributed by atoms with E-state index in [4.69, 9.17) is 14.2 Å². The van der Waals surface area contributed by atoms with Crippen LogP contribution in [0.25, 0.3) is 0 Å². The predicted octanol–water partition coefficient (Wildman–Crippen LogP) is 2.46. The van der Waals surface area contributed by atoms with E-state index < -0.39 is 5.60 Å². The smallest absolute Gasteiger partial charge is 0.260 e. The zero-order valence-electron chi connectivity index (χ0n) is 16.5. The van der Waals surface area contributed by atoms with E-state index >= 15 is 0 Å². The number of nitrogens with one attached hydrogen (secondary N) is 1. The molecule has 1 atom stereocenters. The molecule has 1 aromatic rings. The van der Waals surface area contributed by atoms with Crippen LogP contribution in [0.2, 0.25) is 0 Å². The molecule has 1 aromatic carbocycles. The number of ether oxygens (including phenoxy) is 3. The van der Waals surface area contributed by atoms with Gasteiger partial charge in [0.25, 0.3) is 11.8 Å². The molecule has 0 aromatic heterocycles. The molecule has 0 bridgehead atoms. The lowest BCUT2D eigenvalue weighted by Crippen LogP contribution is -2.43. The van der Waals surface area contributed by atoms with E-state index in [1.807, 2.05) is 13.8 Å². The molecule has 0 aliphatic carbocycles. The minimum absolute atomic E-state index is 0.00945. The first-order valence-electron chi connectivity index (χ1n) is 9.52. The predicted molar refractivity (Wildman–Crippen MR) is 103 cm³/mol. The quantitative estimate of drug-likeness (QED) is 0.714. The lowest BCUT2D eigenvalue weighted by atomic mass is 10.0. The van der Waals surface area contributed by atoms with Crippen molar-refractivity contribution >= 4 is 17.5 Å². The van der Waals surface area contributed by atoms with Crippen molar-refractivity contribution in [2.75, 3.05) is 44.8 Å². The molecule has 0 saturated carbocycles. The number of carbonyl (C=O) groups is 2. The van der Waals surface area contributed by atoms with Crippen molar-refractivity contribution in [1.82, 2.24) is 4.90 Å². The van der Waals surface area contributed by atoms with E-state index in [0.717, 1.165) is 6.42 Å². The topological polar surface area (TPSA) is 77.1 Å². The standard InChI is InChI=1S/C20H30N2O5/c1-4-12-27-20(3,5-2)19(24)21-16-6-8-17(9-7-16)26-15-18(23)22-10-13-25-14-11-22/h6-9H,4-5,10-15H2,1-3H3,(H,21,24)/t20-/m0/s1. The monoisotopic (exact) mass is 378 g/mol. The van der Waals surface area contributed by atoms with E-state index in [1.165, 1.54) is 0 Å². The van der Waals surface area contributed by atoms with Gasteiger partial charge < -0.3 is 24.4 Å². The summed E-state index contributed by atoms with van der Waals surface area (Å²) in [6, 6.07) is 6.97. The van der Waals surface area contributed by atoms with E-state index in [-0.39, 0.29) is 18.4 Å². The van der Waals surface area contributed by atoms with Gasteiger partial charge in [0.05, 0.1) is 13.2 Å². The molecule has 0 radical (unpaired) electrons. The van der Waals surface area contributed by atoms with Gasteiger partial charge in [-0.05, 0) is 44.0 Å². The molecule has 27 heavy (non-hydrogen) atoms. The number of hydrogen-bond acceptors (Lipinski definition) is 5. The number of benzene rings is 1. The average molecular weight is 378 g/mol. The second kappa shape index (κ2) is 10.3. The molecule has 1 aliphatic heterocycles. The lowest BCUT2D eigenvalue weighted by Gasteiger charge is -2.27. The molecule has 2 rings (SSSR count). The Balaban J connectivity index is 1.85. The van der Waals surface area contributed by atoms with Crippen LogP contribution in [-0.4, -0.2) is 61.8 Å². The Labute approximate surface area is 161 Å². The largest absolute Gasteiger partial charge is 0.484 e. The SMILES string of the molecule is CCCO[C@@](C)(CC)C(=O)Nc1ccc(OCC(=O)N2CCOCC2)cc1. The van der Waals surface area contributed by atoms with Crippen molar-refractivity contribution in [3.05, 3.63) is 24.3 Å². The van der Waals surface area contributed by atoms with Crippen LogP contribution in [0.15, 0.2) is 24.3 Å². The molecule has 0 spiro atoms. The van der Waals surface area contributed by atoms with Crippen LogP contribution in [0.3, 0.4) is 0 Å². The van der Waals surface area contributed by atoms with Crippen molar-refractivity contribution in [2.24, 2.45) is 0 Å². The third-order valence-corrected chi connectivity index (χ3v) is 4.62. The fourth-order valence-corrected chi connectivity index (χ4v) is 2.60. The maximum atomic E-state index is 12.5. The van der Waals surface area contributed by atoms with Gasteiger partial charge in [-0.25, -0.2) is 0 Å². The Kier molecular flexibility index (Phi) is 8.06. The molecule has 1 N–H and O–H groups in total. The summed E-state index contributed by atoms with van der Waals surface area (Å²) < 4.78 is 16.5. The molecule has 7 heteroatoms. The molecule has 150 valence electrons. The molecular formula is C20H30N2O5. The van der Waals surface area contributed by atoms with Crippen molar-refractivity contribution in [3.8, 4) is 5.75 Å². The van der Waals surface area contributed by atoms with Gasteiger partial charge in [0.2, 0.25) is 0 Å². The highest BCUT2D eigenvalue weighted by molar-refractivity contribution is 5.97. The third-order valence-electron chi connectivity index (χ3n) is 4.62. The maximum absolute atomic E-state index is 12.5. The Hall–Kier alpha value is -2.12. The number of morpholine rings is 1. The Morgan fingerprint density at radius 1 is 1.19 bits per heavy atom. The Bertz CT molecular complexity index is 613. The first kappa shape index (κ1) is 21.2. The van der Waals surface area contributed by atoms with Crippen molar-refractivity contribution in [1.29, 1.82) is 0 Å². The number of amides is 2. The maximum Gasteiger partial charge on any atom is 0.260 e. The second-order valence-corrected chi connectivity index (χ2v) is 6.69. The zero-order chi connectivity index (χ0) is 19.7. The van der Waals surface area contributed by atoms with Crippen molar-refractivity contribution < 1.29 is 23.8 Å². The van der Waals surface area contributed by atoms with E-state index in [1.54, 1.807) is 36.1 Å². The van der Waals surface area contributed by atoms with Gasteiger partial charge in [-0.2, -0.15) is 0 Å².